The largest absolute Gasteiger partial charge is 0.436 e. The van der Waals surface area contributed by atoms with Gasteiger partial charge < -0.3 is 14.5 Å². The lowest BCUT2D eigenvalue weighted by Gasteiger charge is -2.35. The third-order valence-corrected chi connectivity index (χ3v) is 5.82. The minimum atomic E-state index is -0.0452. The number of benzene rings is 1. The number of rotatable bonds is 4. The Bertz CT molecular complexity index is 1340. The zero-order valence-corrected chi connectivity index (χ0v) is 18.0. The van der Waals surface area contributed by atoms with Gasteiger partial charge in [0.15, 0.2) is 0 Å². The van der Waals surface area contributed by atoms with Crippen molar-refractivity contribution in [3.05, 3.63) is 54.6 Å². The highest BCUT2D eigenvalue weighted by molar-refractivity contribution is 5.94. The zero-order valence-electron chi connectivity index (χ0n) is 18.0. The number of piperazine rings is 1. The van der Waals surface area contributed by atoms with Gasteiger partial charge in [0.25, 0.3) is 0 Å². The number of aryl methyl sites for hydroxylation is 2. The highest BCUT2D eigenvalue weighted by Crippen LogP contribution is 2.36. The topological polar surface area (TPSA) is 100 Å². The number of carbonyl (C=O) groups excluding carboxylic acids is 1. The fraction of sp³-hybridized carbons (Fsp3) is 0.261. The van der Waals surface area contributed by atoms with Crippen LogP contribution < -0.4 is 9.64 Å². The molecule has 0 bridgehead atoms. The molecule has 32 heavy (non-hydrogen) atoms. The van der Waals surface area contributed by atoms with Crippen LogP contribution in [0.25, 0.3) is 21.8 Å². The van der Waals surface area contributed by atoms with E-state index >= 15 is 0 Å². The summed E-state index contributed by atoms with van der Waals surface area (Å²) in [5.41, 5.74) is 3.39. The van der Waals surface area contributed by atoms with Gasteiger partial charge in [-0.2, -0.15) is 5.10 Å². The Morgan fingerprint density at radius 3 is 2.72 bits per heavy atom. The third kappa shape index (κ3) is 3.31. The molecule has 9 nitrogen and oxygen atoms in total. The summed E-state index contributed by atoms with van der Waals surface area (Å²) in [4.78, 5) is 29.3. The molecular weight excluding hydrogens is 406 g/mol. The van der Waals surface area contributed by atoms with Gasteiger partial charge >= 0.3 is 0 Å². The summed E-state index contributed by atoms with van der Waals surface area (Å²) in [5, 5.41) is 9.13. The van der Waals surface area contributed by atoms with E-state index in [1.54, 1.807) is 11.1 Å². The van der Waals surface area contributed by atoms with Crippen LogP contribution in [0.2, 0.25) is 0 Å². The second-order valence-electron chi connectivity index (χ2n) is 7.77. The first-order valence-electron chi connectivity index (χ1n) is 10.4. The summed E-state index contributed by atoms with van der Waals surface area (Å²) in [6.07, 6.45) is 4.60. The minimum absolute atomic E-state index is 0.0452. The SMILES string of the molecule is C=CC(=O)N1CCN(c2ncnc3c(Oc4c(C)ccc5[nH]nc(C)c45)nccc23)CC1. The Labute approximate surface area is 184 Å². The summed E-state index contributed by atoms with van der Waals surface area (Å²) in [5.74, 6) is 1.90. The van der Waals surface area contributed by atoms with Crippen molar-refractivity contribution >= 4 is 33.5 Å². The summed E-state index contributed by atoms with van der Waals surface area (Å²) in [6, 6.07) is 5.88. The number of nitrogens with one attached hydrogen (secondary N) is 1. The van der Waals surface area contributed by atoms with Crippen LogP contribution in [0.3, 0.4) is 0 Å². The second kappa shape index (κ2) is 7.92. The number of amides is 1. The first-order chi connectivity index (χ1) is 15.6. The Balaban J connectivity index is 1.51. The van der Waals surface area contributed by atoms with Crippen molar-refractivity contribution in [1.82, 2.24) is 30.0 Å². The standard InChI is InChI=1S/C23H23N7O2/c1-4-18(31)29-9-11-30(12-10-29)22-16-7-8-24-23(20(16)25-13-26-22)32-21-14(2)5-6-17-19(21)15(3)27-28-17/h4-8,13H,1,9-12H2,2-3H3,(H,27,28). The first-order valence-corrected chi connectivity index (χ1v) is 10.4. The predicted molar refractivity (Wildman–Crippen MR) is 122 cm³/mol. The maximum absolute atomic E-state index is 11.9. The quantitative estimate of drug-likeness (QED) is 0.498. The van der Waals surface area contributed by atoms with Crippen LogP contribution in [0.5, 0.6) is 11.6 Å². The molecule has 1 aliphatic heterocycles. The smallest absolute Gasteiger partial charge is 0.246 e. The molecule has 0 spiro atoms. The van der Waals surface area contributed by atoms with Crippen LogP contribution in [0.4, 0.5) is 5.82 Å². The number of carbonyl (C=O) groups is 1. The molecule has 1 aromatic carbocycles. The molecule has 0 atom stereocenters. The molecule has 0 aliphatic carbocycles. The number of aromatic amines is 1. The molecule has 4 aromatic rings. The van der Waals surface area contributed by atoms with E-state index in [4.69, 9.17) is 4.74 Å². The Morgan fingerprint density at radius 1 is 1.12 bits per heavy atom. The molecule has 1 fully saturated rings. The van der Waals surface area contributed by atoms with Gasteiger partial charge in [0.1, 0.15) is 23.4 Å². The van der Waals surface area contributed by atoms with Gasteiger partial charge in [-0.15, -0.1) is 0 Å². The van der Waals surface area contributed by atoms with Crippen LogP contribution in [0.15, 0.2) is 43.4 Å². The number of pyridine rings is 1. The Hall–Kier alpha value is -4.01. The summed E-state index contributed by atoms with van der Waals surface area (Å²) < 4.78 is 6.34. The van der Waals surface area contributed by atoms with Crippen LogP contribution in [0, 0.1) is 13.8 Å². The van der Waals surface area contributed by atoms with Gasteiger partial charge in [-0.25, -0.2) is 15.0 Å². The molecule has 162 valence electrons. The molecule has 1 saturated heterocycles. The second-order valence-corrected chi connectivity index (χ2v) is 7.77. The van der Waals surface area contributed by atoms with Gasteiger partial charge in [0.2, 0.25) is 11.8 Å². The number of ether oxygens (including phenoxy) is 1. The monoisotopic (exact) mass is 429 g/mol. The predicted octanol–water partition coefficient (Wildman–Crippen LogP) is 3.14. The number of hydrogen-bond donors (Lipinski definition) is 1. The highest BCUT2D eigenvalue weighted by atomic mass is 16.5. The zero-order chi connectivity index (χ0) is 22.2. The van der Waals surface area contributed by atoms with E-state index in [0.717, 1.165) is 33.4 Å². The lowest BCUT2D eigenvalue weighted by molar-refractivity contribution is -0.126. The third-order valence-electron chi connectivity index (χ3n) is 5.82. The maximum atomic E-state index is 11.9. The van der Waals surface area contributed by atoms with Crippen molar-refractivity contribution in [2.24, 2.45) is 0 Å². The van der Waals surface area contributed by atoms with Crippen molar-refractivity contribution in [3.63, 3.8) is 0 Å². The summed E-state index contributed by atoms with van der Waals surface area (Å²) in [7, 11) is 0. The molecule has 0 unspecified atom stereocenters. The fourth-order valence-corrected chi connectivity index (χ4v) is 4.11. The van der Waals surface area contributed by atoms with Crippen molar-refractivity contribution < 1.29 is 9.53 Å². The molecule has 5 rings (SSSR count). The van der Waals surface area contributed by atoms with Crippen LogP contribution >= 0.6 is 0 Å². The summed E-state index contributed by atoms with van der Waals surface area (Å²) in [6.45, 7) is 10.1. The number of H-pyrrole nitrogens is 1. The number of aromatic nitrogens is 5. The van der Waals surface area contributed by atoms with Crippen molar-refractivity contribution in [3.8, 4) is 11.6 Å². The molecule has 4 heterocycles. The Morgan fingerprint density at radius 2 is 1.94 bits per heavy atom. The molecule has 9 heteroatoms. The molecule has 1 amide bonds. The molecule has 0 radical (unpaired) electrons. The average molecular weight is 429 g/mol. The normalized spacial score (nSPS) is 14.2. The van der Waals surface area contributed by atoms with E-state index in [2.05, 4.69) is 36.6 Å². The molecular formula is C23H23N7O2. The lowest BCUT2D eigenvalue weighted by atomic mass is 10.1. The number of hydrogen-bond acceptors (Lipinski definition) is 7. The van der Waals surface area contributed by atoms with Gasteiger partial charge in [0, 0.05) is 37.8 Å². The van der Waals surface area contributed by atoms with Crippen LogP contribution in [0.1, 0.15) is 11.3 Å². The summed E-state index contributed by atoms with van der Waals surface area (Å²) >= 11 is 0. The Kier molecular flexibility index (Phi) is 4.93. The number of anilines is 1. The average Bonchev–Trinajstić information content (AvgIpc) is 3.21. The van der Waals surface area contributed by atoms with Gasteiger partial charge in [-0.3, -0.25) is 9.89 Å². The minimum Gasteiger partial charge on any atom is -0.436 e. The fourth-order valence-electron chi connectivity index (χ4n) is 4.11. The first kappa shape index (κ1) is 19.9. The van der Waals surface area contributed by atoms with Crippen molar-refractivity contribution in [2.45, 2.75) is 13.8 Å². The van der Waals surface area contributed by atoms with E-state index in [-0.39, 0.29) is 5.91 Å². The molecule has 1 N–H and O–H groups in total. The van der Waals surface area contributed by atoms with Crippen molar-refractivity contribution in [2.75, 3.05) is 31.1 Å². The van der Waals surface area contributed by atoms with Crippen LogP contribution in [-0.2, 0) is 4.79 Å². The molecule has 3 aromatic heterocycles. The van der Waals surface area contributed by atoms with E-state index in [1.165, 1.54) is 12.4 Å². The van der Waals surface area contributed by atoms with Crippen LogP contribution in [-0.4, -0.2) is 62.1 Å². The van der Waals surface area contributed by atoms with Gasteiger partial charge in [-0.1, -0.05) is 12.6 Å². The van der Waals surface area contributed by atoms with E-state index in [0.29, 0.717) is 43.3 Å². The van der Waals surface area contributed by atoms with E-state index in [9.17, 15) is 4.79 Å². The lowest BCUT2D eigenvalue weighted by Crippen LogP contribution is -2.48. The van der Waals surface area contributed by atoms with Gasteiger partial charge in [0.05, 0.1) is 16.6 Å². The van der Waals surface area contributed by atoms with Crippen molar-refractivity contribution in [1.29, 1.82) is 0 Å². The maximum Gasteiger partial charge on any atom is 0.246 e. The number of fused-ring (bicyclic) bond motifs is 2. The van der Waals surface area contributed by atoms with Gasteiger partial charge in [-0.05, 0) is 37.6 Å². The highest BCUT2D eigenvalue weighted by Gasteiger charge is 2.23. The molecule has 1 aliphatic rings. The molecule has 0 saturated carbocycles. The number of nitrogens with zero attached hydrogens (tertiary/aromatic N) is 6. The van der Waals surface area contributed by atoms with E-state index in [1.807, 2.05) is 32.0 Å². The van der Waals surface area contributed by atoms with E-state index < -0.39 is 0 Å².